The van der Waals surface area contributed by atoms with E-state index in [0.29, 0.717) is 0 Å². The summed E-state index contributed by atoms with van der Waals surface area (Å²) in [7, 11) is 4.46. The van der Waals surface area contributed by atoms with Crippen LogP contribution in [-0.2, 0) is 0 Å². The Hall–Kier alpha value is -2.51. The molecule has 31 heavy (non-hydrogen) atoms. The van der Waals surface area contributed by atoms with Gasteiger partial charge in [0.2, 0.25) is 0 Å². The molecular formula is C27H33O3P. The zero-order valence-electron chi connectivity index (χ0n) is 20.1. The zero-order valence-corrected chi connectivity index (χ0v) is 21.0. The Bertz CT molecular complexity index is 907. The first-order valence-corrected chi connectivity index (χ1v) is 11.8. The lowest BCUT2D eigenvalue weighted by molar-refractivity contribution is 0.408. The third-order valence-electron chi connectivity index (χ3n) is 5.72. The van der Waals surface area contributed by atoms with Crippen LogP contribution in [0.25, 0.3) is 0 Å². The highest BCUT2D eigenvalue weighted by molar-refractivity contribution is 7.79. The van der Waals surface area contributed by atoms with Gasteiger partial charge >= 0.3 is 0 Å². The quantitative estimate of drug-likeness (QED) is 0.490. The van der Waals surface area contributed by atoms with Gasteiger partial charge in [-0.3, -0.25) is 0 Å². The van der Waals surface area contributed by atoms with E-state index in [2.05, 4.69) is 77.9 Å². The molecule has 3 aromatic rings. The lowest BCUT2D eigenvalue weighted by Crippen LogP contribution is -2.23. The van der Waals surface area contributed by atoms with Crippen molar-refractivity contribution >= 4 is 23.8 Å². The normalized spacial score (nSPS) is 11.0. The number of aryl methyl sites for hydroxylation is 6. The highest BCUT2D eigenvalue weighted by Gasteiger charge is 2.22. The minimum atomic E-state index is -0.762. The number of benzene rings is 3. The van der Waals surface area contributed by atoms with E-state index in [4.69, 9.17) is 14.2 Å². The Labute approximate surface area is 188 Å². The van der Waals surface area contributed by atoms with E-state index in [0.717, 1.165) is 50.6 Å². The molecule has 0 amide bonds. The lowest BCUT2D eigenvalue weighted by Gasteiger charge is -2.24. The molecule has 0 saturated heterocycles. The maximum atomic E-state index is 5.63. The highest BCUT2D eigenvalue weighted by Crippen LogP contribution is 2.39. The van der Waals surface area contributed by atoms with Crippen molar-refractivity contribution in [3.05, 3.63) is 69.8 Å². The summed E-state index contributed by atoms with van der Waals surface area (Å²) in [5.74, 6) is 2.88. The predicted octanol–water partition coefficient (Wildman–Crippen LogP) is 5.32. The van der Waals surface area contributed by atoms with E-state index in [1.807, 2.05) is 0 Å². The van der Waals surface area contributed by atoms with E-state index in [1.165, 1.54) is 15.9 Å². The van der Waals surface area contributed by atoms with Crippen LogP contribution in [0, 0.1) is 41.5 Å². The van der Waals surface area contributed by atoms with Crippen molar-refractivity contribution in [2.75, 3.05) is 21.3 Å². The van der Waals surface area contributed by atoms with Crippen LogP contribution in [-0.4, -0.2) is 21.3 Å². The van der Waals surface area contributed by atoms with Crippen molar-refractivity contribution in [1.82, 2.24) is 0 Å². The van der Waals surface area contributed by atoms with Gasteiger partial charge in [0, 0.05) is 0 Å². The Morgan fingerprint density at radius 2 is 0.613 bits per heavy atom. The zero-order chi connectivity index (χ0) is 22.9. The van der Waals surface area contributed by atoms with Crippen LogP contribution in [0.4, 0.5) is 0 Å². The number of hydrogen-bond donors (Lipinski definition) is 0. The van der Waals surface area contributed by atoms with E-state index < -0.39 is 7.92 Å². The molecule has 3 aromatic carbocycles. The number of rotatable bonds is 6. The molecule has 3 nitrogen and oxygen atoms in total. The summed E-state index contributed by atoms with van der Waals surface area (Å²) >= 11 is 0. The summed E-state index contributed by atoms with van der Waals surface area (Å²) in [5, 5.41) is 3.95. The summed E-state index contributed by atoms with van der Waals surface area (Å²) in [6.45, 7) is 12.7. The molecule has 0 saturated carbocycles. The third-order valence-corrected chi connectivity index (χ3v) is 8.05. The van der Waals surface area contributed by atoms with Crippen molar-refractivity contribution < 1.29 is 14.2 Å². The fourth-order valence-electron chi connectivity index (χ4n) is 4.58. The molecule has 0 bridgehead atoms. The van der Waals surface area contributed by atoms with Crippen molar-refractivity contribution in [3.63, 3.8) is 0 Å². The Balaban J connectivity index is 2.31. The minimum Gasteiger partial charge on any atom is -0.496 e. The second-order valence-corrected chi connectivity index (χ2v) is 10.4. The molecular weight excluding hydrogens is 403 g/mol. The molecule has 0 aliphatic rings. The number of methoxy groups -OCH3 is 3. The van der Waals surface area contributed by atoms with E-state index >= 15 is 0 Å². The molecule has 0 atom stereocenters. The van der Waals surface area contributed by atoms with E-state index in [1.54, 1.807) is 21.3 Å². The fraction of sp³-hybridized carbons (Fsp3) is 0.333. The topological polar surface area (TPSA) is 27.7 Å². The van der Waals surface area contributed by atoms with E-state index in [-0.39, 0.29) is 0 Å². The molecule has 0 unspecified atom stereocenters. The summed E-state index contributed by atoms with van der Waals surface area (Å²) < 4.78 is 16.9. The monoisotopic (exact) mass is 436 g/mol. The molecule has 0 radical (unpaired) electrons. The van der Waals surface area contributed by atoms with Crippen molar-refractivity contribution in [2.45, 2.75) is 41.5 Å². The van der Waals surface area contributed by atoms with Crippen molar-refractivity contribution in [1.29, 1.82) is 0 Å². The Morgan fingerprint density at radius 3 is 0.774 bits per heavy atom. The Kier molecular flexibility index (Phi) is 6.96. The van der Waals surface area contributed by atoms with Crippen molar-refractivity contribution in [3.8, 4) is 17.2 Å². The average molecular weight is 437 g/mol. The van der Waals surface area contributed by atoms with Gasteiger partial charge in [0.15, 0.2) is 0 Å². The van der Waals surface area contributed by atoms with Gasteiger partial charge in [-0.2, -0.15) is 0 Å². The molecule has 0 aromatic heterocycles. The molecule has 3 rings (SSSR count). The molecule has 0 aliphatic carbocycles. The van der Waals surface area contributed by atoms with Gasteiger partial charge in [-0.25, -0.2) is 0 Å². The maximum absolute atomic E-state index is 5.63. The molecule has 0 spiro atoms. The van der Waals surface area contributed by atoms with Crippen LogP contribution in [0.15, 0.2) is 36.4 Å². The Morgan fingerprint density at radius 1 is 0.419 bits per heavy atom. The lowest BCUT2D eigenvalue weighted by atomic mass is 10.1. The van der Waals surface area contributed by atoms with Crippen LogP contribution in [0.1, 0.15) is 33.4 Å². The minimum absolute atomic E-state index is 0.762. The molecule has 0 N–H and O–H groups in total. The number of hydrogen-bond acceptors (Lipinski definition) is 3. The molecule has 4 heteroatoms. The van der Waals surface area contributed by atoms with Gasteiger partial charge in [0.25, 0.3) is 0 Å². The van der Waals surface area contributed by atoms with Crippen LogP contribution < -0.4 is 30.1 Å². The van der Waals surface area contributed by atoms with Crippen LogP contribution in [0.2, 0.25) is 0 Å². The fourth-order valence-corrected chi connectivity index (χ4v) is 7.41. The first kappa shape index (κ1) is 23.2. The van der Waals surface area contributed by atoms with Gasteiger partial charge in [-0.15, -0.1) is 0 Å². The molecule has 164 valence electrons. The largest absolute Gasteiger partial charge is 0.496 e. The molecule has 0 aliphatic heterocycles. The highest BCUT2D eigenvalue weighted by atomic mass is 31.1. The smallest absolute Gasteiger partial charge is 0.124 e. The second-order valence-electron chi connectivity index (χ2n) is 8.17. The average Bonchev–Trinajstić information content (AvgIpc) is 2.67. The standard InChI is InChI=1S/C27H33O3P/c1-16-10-22(11-17(2)25(16)28-7)31(23-12-18(3)26(29-8)19(4)13-23)24-14-20(5)27(30-9)21(6)15-24/h10-15H,1-9H3. The van der Waals surface area contributed by atoms with Gasteiger partial charge in [0.05, 0.1) is 21.3 Å². The first-order valence-electron chi connectivity index (χ1n) is 10.5. The maximum Gasteiger partial charge on any atom is 0.124 e. The van der Waals surface area contributed by atoms with Crippen LogP contribution in [0.5, 0.6) is 17.2 Å². The van der Waals surface area contributed by atoms with Crippen molar-refractivity contribution in [2.24, 2.45) is 0 Å². The first-order chi connectivity index (χ1) is 14.7. The second kappa shape index (κ2) is 9.32. The van der Waals surface area contributed by atoms with Gasteiger partial charge in [-0.1, -0.05) is 0 Å². The third kappa shape index (κ3) is 4.43. The summed E-state index contributed by atoms with van der Waals surface area (Å²) in [6.07, 6.45) is 0. The predicted molar refractivity (Wildman–Crippen MR) is 133 cm³/mol. The van der Waals surface area contributed by atoms with Crippen LogP contribution in [0.3, 0.4) is 0 Å². The van der Waals surface area contributed by atoms with Gasteiger partial charge in [-0.05, 0) is 135 Å². The van der Waals surface area contributed by atoms with E-state index in [9.17, 15) is 0 Å². The number of ether oxygens (including phenoxy) is 3. The molecule has 0 heterocycles. The molecule has 0 fully saturated rings. The SMILES string of the molecule is COc1c(C)cc(P(c2cc(C)c(OC)c(C)c2)c2cc(C)c(OC)c(C)c2)cc1C. The summed E-state index contributed by atoms with van der Waals surface area (Å²) in [4.78, 5) is 0. The van der Waals surface area contributed by atoms with Gasteiger partial charge < -0.3 is 14.2 Å². The summed E-state index contributed by atoms with van der Waals surface area (Å²) in [5.41, 5.74) is 6.97. The van der Waals surface area contributed by atoms with Gasteiger partial charge in [0.1, 0.15) is 17.2 Å². The van der Waals surface area contributed by atoms with Crippen LogP contribution >= 0.6 is 7.92 Å². The summed E-state index contributed by atoms with van der Waals surface area (Å²) in [6, 6.07) is 13.7.